The second-order valence-electron chi connectivity index (χ2n) is 10.8. The van der Waals surface area contributed by atoms with Gasteiger partial charge >= 0.3 is 0 Å². The molecule has 0 unspecified atom stereocenters. The Morgan fingerprint density at radius 3 is 1.90 bits per heavy atom. The zero-order valence-electron chi connectivity index (χ0n) is 22.0. The fourth-order valence-electron chi connectivity index (χ4n) is 7.28. The fraction of sp³-hybridized carbons (Fsp3) is 0.0263. The molecule has 0 bridgehead atoms. The maximum atomic E-state index is 9.38. The van der Waals surface area contributed by atoms with Gasteiger partial charge in [0.25, 0.3) is 0 Å². The first-order chi connectivity index (χ1) is 20.3. The SMILES string of the molecule is N#Cc1ccc(-n2c3ccccc3c3cc4c(cc32)Oc2ccccc2C42c3ccccc3-c3ccccc32)cc1. The van der Waals surface area contributed by atoms with E-state index in [2.05, 4.69) is 120 Å². The summed E-state index contributed by atoms with van der Waals surface area (Å²) in [7, 11) is 0. The number of ether oxygens (including phenoxy) is 1. The molecule has 0 fully saturated rings. The minimum absolute atomic E-state index is 0.497. The van der Waals surface area contributed by atoms with E-state index in [1.54, 1.807) is 0 Å². The van der Waals surface area contributed by atoms with Crippen LogP contribution in [0.1, 0.15) is 27.8 Å². The molecular formula is C38H22N2O. The highest BCUT2D eigenvalue weighted by molar-refractivity contribution is 6.10. The molecule has 0 N–H and O–H groups in total. The predicted octanol–water partition coefficient (Wildman–Crippen LogP) is 9.12. The number of aromatic nitrogens is 1. The third kappa shape index (κ3) is 2.76. The van der Waals surface area contributed by atoms with Crippen LogP contribution in [-0.2, 0) is 5.41 Å². The molecule has 3 heteroatoms. The quantitative estimate of drug-likeness (QED) is 0.216. The van der Waals surface area contributed by atoms with Crippen molar-refractivity contribution in [2.45, 2.75) is 5.41 Å². The normalized spacial score (nSPS) is 13.7. The van der Waals surface area contributed by atoms with Crippen molar-refractivity contribution in [1.82, 2.24) is 4.57 Å². The maximum absolute atomic E-state index is 9.38. The van der Waals surface area contributed by atoms with E-state index in [0.717, 1.165) is 33.8 Å². The Morgan fingerprint density at radius 1 is 0.537 bits per heavy atom. The summed E-state index contributed by atoms with van der Waals surface area (Å²) in [6.07, 6.45) is 0. The number of nitrogens with zero attached hydrogens (tertiary/aromatic N) is 2. The van der Waals surface area contributed by atoms with Gasteiger partial charge in [0, 0.05) is 33.7 Å². The van der Waals surface area contributed by atoms with Gasteiger partial charge in [-0.15, -0.1) is 0 Å². The van der Waals surface area contributed by atoms with Crippen LogP contribution in [0.5, 0.6) is 11.5 Å². The summed E-state index contributed by atoms with van der Waals surface area (Å²) in [4.78, 5) is 0. The minimum atomic E-state index is -0.497. The summed E-state index contributed by atoms with van der Waals surface area (Å²) in [5.41, 5.74) is 10.8. The molecule has 0 atom stereocenters. The van der Waals surface area contributed by atoms with Gasteiger partial charge in [-0.25, -0.2) is 0 Å². The van der Waals surface area contributed by atoms with Crippen LogP contribution < -0.4 is 4.74 Å². The Balaban J connectivity index is 1.44. The Hall–Kier alpha value is -5.59. The Kier molecular flexibility index (Phi) is 4.33. The van der Waals surface area contributed by atoms with Crippen LogP contribution in [0.3, 0.4) is 0 Å². The molecule has 41 heavy (non-hydrogen) atoms. The largest absolute Gasteiger partial charge is 0.457 e. The molecule has 1 aliphatic carbocycles. The summed E-state index contributed by atoms with van der Waals surface area (Å²) in [6.45, 7) is 0. The Labute approximate surface area is 237 Å². The molecule has 9 rings (SSSR count). The van der Waals surface area contributed by atoms with E-state index in [4.69, 9.17) is 4.74 Å². The molecule has 0 amide bonds. The molecule has 0 radical (unpaired) electrons. The topological polar surface area (TPSA) is 38.0 Å². The van der Waals surface area contributed by atoms with E-state index in [9.17, 15) is 5.26 Å². The third-order valence-corrected chi connectivity index (χ3v) is 8.90. The zero-order chi connectivity index (χ0) is 27.1. The molecule has 0 saturated carbocycles. The summed E-state index contributed by atoms with van der Waals surface area (Å²) in [6, 6.07) is 49.3. The van der Waals surface area contributed by atoms with Crippen LogP contribution in [0, 0.1) is 11.3 Å². The van der Waals surface area contributed by atoms with Gasteiger partial charge in [-0.2, -0.15) is 5.26 Å². The maximum Gasteiger partial charge on any atom is 0.134 e. The highest BCUT2D eigenvalue weighted by atomic mass is 16.5. The van der Waals surface area contributed by atoms with E-state index in [0.29, 0.717) is 5.56 Å². The smallest absolute Gasteiger partial charge is 0.134 e. The van der Waals surface area contributed by atoms with Crippen LogP contribution >= 0.6 is 0 Å². The van der Waals surface area contributed by atoms with Gasteiger partial charge in [-0.05, 0) is 64.7 Å². The van der Waals surface area contributed by atoms with Gasteiger partial charge < -0.3 is 9.30 Å². The summed E-state index contributed by atoms with van der Waals surface area (Å²) in [5, 5.41) is 11.7. The van der Waals surface area contributed by atoms with Gasteiger partial charge in [0.15, 0.2) is 0 Å². The molecule has 2 aliphatic rings. The van der Waals surface area contributed by atoms with E-state index in [1.165, 1.54) is 38.6 Å². The van der Waals surface area contributed by atoms with Crippen LogP contribution in [0.15, 0.2) is 133 Å². The Bertz CT molecular complexity index is 2200. The Morgan fingerprint density at radius 2 is 1.17 bits per heavy atom. The van der Waals surface area contributed by atoms with Crippen molar-refractivity contribution in [3.05, 3.63) is 161 Å². The van der Waals surface area contributed by atoms with Crippen LogP contribution in [0.2, 0.25) is 0 Å². The van der Waals surface area contributed by atoms with Crippen molar-refractivity contribution in [3.63, 3.8) is 0 Å². The molecule has 0 saturated heterocycles. The van der Waals surface area contributed by atoms with Crippen LogP contribution in [0.4, 0.5) is 0 Å². The standard InChI is InChI=1S/C38H22N2O/c39-23-24-17-19-25(20-18-24)40-34-15-7-3-11-28(34)29-21-33-37(22-35(29)40)41-36-16-8-6-14-32(36)38(33)30-12-4-1-9-26(30)27-10-2-5-13-31(27)38/h1-22H. The van der Waals surface area contributed by atoms with Gasteiger partial charge in [0.05, 0.1) is 28.1 Å². The lowest BCUT2D eigenvalue weighted by atomic mass is 9.66. The second kappa shape index (κ2) is 7.97. The number of fused-ring (bicyclic) bond motifs is 12. The van der Waals surface area contributed by atoms with Gasteiger partial charge in [-0.3, -0.25) is 0 Å². The molecule has 1 spiro atoms. The van der Waals surface area contributed by atoms with Gasteiger partial charge in [0.1, 0.15) is 11.5 Å². The molecule has 190 valence electrons. The van der Waals surface area contributed by atoms with Crippen LogP contribution in [0.25, 0.3) is 38.6 Å². The van der Waals surface area contributed by atoms with Crippen molar-refractivity contribution < 1.29 is 4.74 Å². The first-order valence-electron chi connectivity index (χ1n) is 13.8. The molecule has 7 aromatic rings. The number of benzene rings is 6. The highest BCUT2D eigenvalue weighted by Gasteiger charge is 2.51. The molecule has 2 heterocycles. The average Bonchev–Trinajstić information content (AvgIpc) is 3.51. The lowest BCUT2D eigenvalue weighted by molar-refractivity contribution is 0.437. The lowest BCUT2D eigenvalue weighted by Gasteiger charge is -2.39. The molecule has 6 aromatic carbocycles. The highest BCUT2D eigenvalue weighted by Crippen LogP contribution is 2.62. The monoisotopic (exact) mass is 522 g/mol. The molecular weight excluding hydrogens is 500 g/mol. The fourth-order valence-corrected chi connectivity index (χ4v) is 7.28. The van der Waals surface area contributed by atoms with E-state index < -0.39 is 5.41 Å². The van der Waals surface area contributed by atoms with Crippen molar-refractivity contribution in [1.29, 1.82) is 5.26 Å². The van der Waals surface area contributed by atoms with Crippen molar-refractivity contribution >= 4 is 21.8 Å². The predicted molar refractivity (Wildman–Crippen MR) is 163 cm³/mol. The molecule has 1 aromatic heterocycles. The first kappa shape index (κ1) is 22.2. The van der Waals surface area contributed by atoms with E-state index in [-0.39, 0.29) is 0 Å². The summed E-state index contributed by atoms with van der Waals surface area (Å²) in [5.74, 6) is 1.74. The van der Waals surface area contributed by atoms with Gasteiger partial charge in [-0.1, -0.05) is 84.9 Å². The number of hydrogen-bond donors (Lipinski definition) is 0. The number of hydrogen-bond acceptors (Lipinski definition) is 2. The van der Waals surface area contributed by atoms with Gasteiger partial charge in [0.2, 0.25) is 0 Å². The number of rotatable bonds is 1. The summed E-state index contributed by atoms with van der Waals surface area (Å²) >= 11 is 0. The molecule has 3 nitrogen and oxygen atoms in total. The van der Waals surface area contributed by atoms with Crippen molar-refractivity contribution in [2.24, 2.45) is 0 Å². The second-order valence-corrected chi connectivity index (χ2v) is 10.8. The van der Waals surface area contributed by atoms with Crippen LogP contribution in [-0.4, -0.2) is 4.57 Å². The minimum Gasteiger partial charge on any atom is -0.457 e. The first-order valence-corrected chi connectivity index (χ1v) is 13.8. The average molecular weight is 523 g/mol. The zero-order valence-corrected chi connectivity index (χ0v) is 22.0. The molecule has 1 aliphatic heterocycles. The van der Waals surface area contributed by atoms with Crippen molar-refractivity contribution in [3.8, 4) is 34.4 Å². The van der Waals surface area contributed by atoms with E-state index >= 15 is 0 Å². The van der Waals surface area contributed by atoms with Crippen molar-refractivity contribution in [2.75, 3.05) is 0 Å². The lowest BCUT2D eigenvalue weighted by Crippen LogP contribution is -2.32. The summed E-state index contributed by atoms with van der Waals surface area (Å²) < 4.78 is 9.05. The van der Waals surface area contributed by atoms with E-state index in [1.807, 2.05) is 24.3 Å². The third-order valence-electron chi connectivity index (χ3n) is 8.90. The number of para-hydroxylation sites is 2. The number of nitriles is 1.